The lowest BCUT2D eigenvalue weighted by molar-refractivity contribution is 0.0938. The number of carbonyl (C=O) groups is 1. The topological polar surface area (TPSA) is 32.3 Å². The van der Waals surface area contributed by atoms with E-state index in [0.717, 1.165) is 31.6 Å². The molecule has 1 saturated heterocycles. The van der Waals surface area contributed by atoms with Crippen molar-refractivity contribution < 1.29 is 4.79 Å². The standard InChI is InChI=1S/C14H20N2O/c1-2-9-16-10-8-13(11-16)15-14(17)12-6-4-3-5-7-12/h3-7,13H,2,8-11H2,1H3,(H,15,17). The van der Waals surface area contributed by atoms with Crippen LogP contribution in [-0.2, 0) is 0 Å². The van der Waals surface area contributed by atoms with Gasteiger partial charge < -0.3 is 10.2 Å². The van der Waals surface area contributed by atoms with Crippen molar-refractivity contribution in [2.75, 3.05) is 19.6 Å². The Morgan fingerprint density at radius 1 is 1.41 bits per heavy atom. The summed E-state index contributed by atoms with van der Waals surface area (Å²) >= 11 is 0. The van der Waals surface area contributed by atoms with Crippen molar-refractivity contribution in [3.8, 4) is 0 Å². The third-order valence-electron chi connectivity index (χ3n) is 3.18. The minimum Gasteiger partial charge on any atom is -0.348 e. The SMILES string of the molecule is CCCN1CCC(NC(=O)c2ccccc2)C1. The molecule has 1 atom stereocenters. The maximum Gasteiger partial charge on any atom is 0.251 e. The zero-order valence-corrected chi connectivity index (χ0v) is 10.4. The number of nitrogens with one attached hydrogen (secondary N) is 1. The van der Waals surface area contributed by atoms with Gasteiger partial charge in [-0.15, -0.1) is 0 Å². The van der Waals surface area contributed by atoms with Gasteiger partial charge in [0.05, 0.1) is 0 Å². The fraction of sp³-hybridized carbons (Fsp3) is 0.500. The number of amides is 1. The number of hydrogen-bond donors (Lipinski definition) is 1. The molecule has 0 spiro atoms. The van der Waals surface area contributed by atoms with Crippen LogP contribution in [0.2, 0.25) is 0 Å². The maximum atomic E-state index is 11.9. The van der Waals surface area contributed by atoms with E-state index in [1.54, 1.807) is 0 Å². The lowest BCUT2D eigenvalue weighted by Crippen LogP contribution is -2.37. The lowest BCUT2D eigenvalue weighted by Gasteiger charge is -2.15. The predicted molar refractivity (Wildman–Crippen MR) is 69.0 cm³/mol. The molecule has 2 rings (SSSR count). The Morgan fingerprint density at radius 2 is 2.18 bits per heavy atom. The van der Waals surface area contributed by atoms with Gasteiger partial charge in [-0.2, -0.15) is 0 Å². The maximum absolute atomic E-state index is 11.9. The molecule has 1 heterocycles. The summed E-state index contributed by atoms with van der Waals surface area (Å²) in [6.45, 7) is 5.42. The summed E-state index contributed by atoms with van der Waals surface area (Å²) in [5.74, 6) is 0.0500. The monoisotopic (exact) mass is 232 g/mol. The Balaban J connectivity index is 1.84. The first-order valence-electron chi connectivity index (χ1n) is 6.38. The van der Waals surface area contributed by atoms with Gasteiger partial charge in [0.15, 0.2) is 0 Å². The van der Waals surface area contributed by atoms with Crippen LogP contribution in [0.3, 0.4) is 0 Å². The minimum atomic E-state index is 0.0500. The molecule has 1 N–H and O–H groups in total. The molecule has 0 radical (unpaired) electrons. The van der Waals surface area contributed by atoms with Crippen molar-refractivity contribution in [2.45, 2.75) is 25.8 Å². The highest BCUT2D eigenvalue weighted by molar-refractivity contribution is 5.94. The van der Waals surface area contributed by atoms with Crippen molar-refractivity contribution in [3.05, 3.63) is 35.9 Å². The number of rotatable bonds is 4. The van der Waals surface area contributed by atoms with Gasteiger partial charge in [-0.3, -0.25) is 4.79 Å². The second kappa shape index (κ2) is 5.82. The zero-order valence-electron chi connectivity index (χ0n) is 10.4. The molecule has 1 unspecified atom stereocenters. The highest BCUT2D eigenvalue weighted by atomic mass is 16.1. The van der Waals surface area contributed by atoms with Gasteiger partial charge in [0.25, 0.3) is 5.91 Å². The Labute approximate surface area is 103 Å². The van der Waals surface area contributed by atoms with Crippen molar-refractivity contribution in [1.82, 2.24) is 10.2 Å². The van der Waals surface area contributed by atoms with Crippen LogP contribution < -0.4 is 5.32 Å². The summed E-state index contributed by atoms with van der Waals surface area (Å²) in [6.07, 6.45) is 2.25. The average molecular weight is 232 g/mol. The van der Waals surface area contributed by atoms with Crippen LogP contribution in [0.15, 0.2) is 30.3 Å². The van der Waals surface area contributed by atoms with Gasteiger partial charge in [-0.05, 0) is 31.5 Å². The molecular formula is C14H20N2O. The molecular weight excluding hydrogens is 212 g/mol. The third kappa shape index (κ3) is 3.30. The summed E-state index contributed by atoms with van der Waals surface area (Å²) in [4.78, 5) is 14.3. The molecule has 92 valence electrons. The Bertz CT molecular complexity index is 364. The summed E-state index contributed by atoms with van der Waals surface area (Å²) in [7, 11) is 0. The average Bonchev–Trinajstić information content (AvgIpc) is 2.78. The quantitative estimate of drug-likeness (QED) is 0.860. The van der Waals surface area contributed by atoms with Gasteiger partial charge in [0.2, 0.25) is 0 Å². The number of benzene rings is 1. The van der Waals surface area contributed by atoms with Gasteiger partial charge in [-0.25, -0.2) is 0 Å². The lowest BCUT2D eigenvalue weighted by atomic mass is 10.2. The van der Waals surface area contributed by atoms with E-state index < -0.39 is 0 Å². The van der Waals surface area contributed by atoms with Crippen LogP contribution in [0, 0.1) is 0 Å². The van der Waals surface area contributed by atoms with Crippen LogP contribution in [0.4, 0.5) is 0 Å². The van der Waals surface area contributed by atoms with Crippen molar-refractivity contribution in [2.24, 2.45) is 0 Å². The van der Waals surface area contributed by atoms with E-state index in [2.05, 4.69) is 17.1 Å². The summed E-state index contributed by atoms with van der Waals surface area (Å²) < 4.78 is 0. The molecule has 0 aromatic heterocycles. The van der Waals surface area contributed by atoms with Gasteiger partial charge in [0.1, 0.15) is 0 Å². The normalized spacial score (nSPS) is 20.4. The van der Waals surface area contributed by atoms with Crippen LogP contribution in [-0.4, -0.2) is 36.5 Å². The summed E-state index contributed by atoms with van der Waals surface area (Å²) in [5.41, 5.74) is 0.751. The Hall–Kier alpha value is -1.35. The second-order valence-corrected chi connectivity index (χ2v) is 4.63. The molecule has 3 nitrogen and oxygen atoms in total. The van der Waals surface area contributed by atoms with Crippen molar-refractivity contribution in [3.63, 3.8) is 0 Å². The molecule has 0 saturated carbocycles. The second-order valence-electron chi connectivity index (χ2n) is 4.63. The molecule has 1 aliphatic rings. The van der Waals surface area contributed by atoms with E-state index in [9.17, 15) is 4.79 Å². The van der Waals surface area contributed by atoms with Crippen LogP contribution in [0.1, 0.15) is 30.1 Å². The molecule has 1 aliphatic heterocycles. The first-order valence-corrected chi connectivity index (χ1v) is 6.38. The number of likely N-dealkylation sites (tertiary alicyclic amines) is 1. The highest BCUT2D eigenvalue weighted by Crippen LogP contribution is 2.10. The fourth-order valence-electron chi connectivity index (χ4n) is 2.33. The highest BCUT2D eigenvalue weighted by Gasteiger charge is 2.23. The van der Waals surface area contributed by atoms with Crippen molar-refractivity contribution >= 4 is 5.91 Å². The Kier molecular flexibility index (Phi) is 4.15. The van der Waals surface area contributed by atoms with E-state index in [1.165, 1.54) is 6.42 Å². The van der Waals surface area contributed by atoms with E-state index >= 15 is 0 Å². The fourth-order valence-corrected chi connectivity index (χ4v) is 2.33. The molecule has 0 aliphatic carbocycles. The van der Waals surface area contributed by atoms with Crippen molar-refractivity contribution in [1.29, 1.82) is 0 Å². The van der Waals surface area contributed by atoms with E-state index in [1.807, 2.05) is 30.3 Å². The molecule has 3 heteroatoms. The minimum absolute atomic E-state index is 0.0500. The van der Waals surface area contributed by atoms with E-state index in [-0.39, 0.29) is 5.91 Å². The van der Waals surface area contributed by atoms with Crippen LogP contribution in [0.25, 0.3) is 0 Å². The molecule has 1 aromatic rings. The summed E-state index contributed by atoms with van der Waals surface area (Å²) in [5, 5.41) is 3.10. The predicted octanol–water partition coefficient (Wildman–Crippen LogP) is 1.90. The molecule has 0 bridgehead atoms. The first-order chi connectivity index (χ1) is 8.29. The zero-order chi connectivity index (χ0) is 12.1. The molecule has 17 heavy (non-hydrogen) atoms. The molecule has 1 aromatic carbocycles. The largest absolute Gasteiger partial charge is 0.348 e. The van der Waals surface area contributed by atoms with Gasteiger partial charge in [0, 0.05) is 24.7 Å². The van der Waals surface area contributed by atoms with Gasteiger partial charge in [-0.1, -0.05) is 25.1 Å². The number of carbonyl (C=O) groups excluding carboxylic acids is 1. The number of nitrogens with zero attached hydrogens (tertiary/aromatic N) is 1. The first kappa shape index (κ1) is 12.1. The van der Waals surface area contributed by atoms with E-state index in [4.69, 9.17) is 0 Å². The summed E-state index contributed by atoms with van der Waals surface area (Å²) in [6, 6.07) is 9.74. The smallest absolute Gasteiger partial charge is 0.251 e. The van der Waals surface area contributed by atoms with Gasteiger partial charge >= 0.3 is 0 Å². The Morgan fingerprint density at radius 3 is 2.88 bits per heavy atom. The number of hydrogen-bond acceptors (Lipinski definition) is 2. The molecule has 1 fully saturated rings. The third-order valence-corrected chi connectivity index (χ3v) is 3.18. The van der Waals surface area contributed by atoms with E-state index in [0.29, 0.717) is 6.04 Å². The van der Waals surface area contributed by atoms with Crippen LogP contribution in [0.5, 0.6) is 0 Å². The van der Waals surface area contributed by atoms with Crippen LogP contribution >= 0.6 is 0 Å². The molecule has 1 amide bonds.